The highest BCUT2D eigenvalue weighted by atomic mass is 35.6. The van der Waals surface area contributed by atoms with E-state index in [0.29, 0.717) is 41.4 Å². The Balaban J connectivity index is 1.48. The number of likely N-dealkylation sites (tertiary alicyclic amines) is 1. The normalized spacial score (nSPS) is 16.4. The number of carbonyl (C=O) groups is 1. The molecule has 2 aromatic carbocycles. The summed E-state index contributed by atoms with van der Waals surface area (Å²) < 4.78 is 5.69. The highest BCUT2D eigenvalue weighted by Crippen LogP contribution is 2.36. The number of ether oxygens (including phenoxy) is 1. The number of nitrogens with two attached hydrogens (primary N) is 1. The first kappa shape index (κ1) is 23.7. The number of hydrogen-bond donors (Lipinski definition) is 1. The lowest BCUT2D eigenvalue weighted by Gasteiger charge is -2.34. The minimum Gasteiger partial charge on any atom is -0.457 e. The highest BCUT2D eigenvalue weighted by molar-refractivity contribution is 6.76. The fourth-order valence-corrected chi connectivity index (χ4v) is 4.63. The molecule has 0 bridgehead atoms. The van der Waals surface area contributed by atoms with Crippen molar-refractivity contribution in [2.45, 2.75) is 22.7 Å². The Hall–Kier alpha value is -3.07. The van der Waals surface area contributed by atoms with E-state index in [0.717, 1.165) is 24.2 Å². The fraction of sp³-hybridized carbons (Fsp3) is 0.250. The molecular formula is C24H21Cl3N6O2. The van der Waals surface area contributed by atoms with E-state index in [4.69, 9.17) is 50.4 Å². The van der Waals surface area contributed by atoms with E-state index >= 15 is 0 Å². The summed E-state index contributed by atoms with van der Waals surface area (Å²) >= 11 is 17.5. The smallest absolute Gasteiger partial charge is 0.274 e. The van der Waals surface area contributed by atoms with Gasteiger partial charge in [0.2, 0.25) is 0 Å². The average molecular weight is 532 g/mol. The molecule has 1 atom stereocenters. The van der Waals surface area contributed by atoms with Crippen LogP contribution in [0.25, 0.3) is 22.3 Å². The molecular weight excluding hydrogens is 511 g/mol. The van der Waals surface area contributed by atoms with Crippen LogP contribution in [0.15, 0.2) is 60.9 Å². The third kappa shape index (κ3) is 4.87. The molecule has 0 unspecified atom stereocenters. The predicted molar refractivity (Wildman–Crippen MR) is 137 cm³/mol. The van der Waals surface area contributed by atoms with E-state index < -0.39 is 9.70 Å². The van der Waals surface area contributed by atoms with Gasteiger partial charge >= 0.3 is 0 Å². The molecule has 0 saturated carbocycles. The van der Waals surface area contributed by atoms with Crippen molar-refractivity contribution >= 4 is 57.6 Å². The Bertz CT molecular complexity index is 1360. The Morgan fingerprint density at radius 3 is 2.46 bits per heavy atom. The SMILES string of the molecule is Nc1ncnc2c1c(-c1ccc(Oc3ccccc3)cc1)nn2[C@@H]1CCCN(C(=O)C(Cl)(Cl)Cl)C1. The van der Waals surface area contributed by atoms with Crippen molar-refractivity contribution in [3.63, 3.8) is 0 Å². The number of hydrogen-bond acceptors (Lipinski definition) is 6. The first-order chi connectivity index (χ1) is 16.8. The Kier molecular flexibility index (Phi) is 6.44. The lowest BCUT2D eigenvalue weighted by atomic mass is 10.1. The Labute approximate surface area is 216 Å². The van der Waals surface area contributed by atoms with E-state index in [1.807, 2.05) is 54.6 Å². The zero-order chi connectivity index (χ0) is 24.6. The molecule has 1 aliphatic heterocycles. The van der Waals surface area contributed by atoms with Crippen LogP contribution < -0.4 is 10.5 Å². The molecule has 35 heavy (non-hydrogen) atoms. The number of amides is 1. The maximum atomic E-state index is 12.5. The van der Waals surface area contributed by atoms with Crippen molar-refractivity contribution in [1.29, 1.82) is 0 Å². The first-order valence-corrected chi connectivity index (χ1v) is 12.1. The van der Waals surface area contributed by atoms with Crippen LogP contribution in [0, 0.1) is 0 Å². The van der Waals surface area contributed by atoms with Gasteiger partial charge in [0.05, 0.1) is 11.4 Å². The molecule has 0 spiro atoms. The minimum atomic E-state index is -2.00. The molecule has 0 aliphatic carbocycles. The van der Waals surface area contributed by atoms with Crippen LogP contribution >= 0.6 is 34.8 Å². The van der Waals surface area contributed by atoms with Crippen molar-refractivity contribution in [1.82, 2.24) is 24.6 Å². The molecule has 1 amide bonds. The number of nitrogen functional groups attached to an aromatic ring is 1. The summed E-state index contributed by atoms with van der Waals surface area (Å²) in [5, 5.41) is 5.52. The van der Waals surface area contributed by atoms with Gasteiger partial charge in [-0.25, -0.2) is 14.6 Å². The summed E-state index contributed by atoms with van der Waals surface area (Å²) in [7, 11) is 0. The molecule has 180 valence electrons. The average Bonchev–Trinajstić information content (AvgIpc) is 3.25. The fourth-order valence-electron chi connectivity index (χ4n) is 4.28. The second-order valence-corrected chi connectivity index (χ2v) is 10.5. The summed E-state index contributed by atoms with van der Waals surface area (Å²) in [4.78, 5) is 22.7. The molecule has 3 heterocycles. The lowest BCUT2D eigenvalue weighted by molar-refractivity contribution is -0.131. The number of alkyl halides is 3. The van der Waals surface area contributed by atoms with Gasteiger partial charge in [-0.3, -0.25) is 4.79 Å². The number of piperidine rings is 1. The number of anilines is 1. The van der Waals surface area contributed by atoms with Crippen molar-refractivity contribution < 1.29 is 9.53 Å². The van der Waals surface area contributed by atoms with Crippen LogP contribution in [0.4, 0.5) is 5.82 Å². The summed E-state index contributed by atoms with van der Waals surface area (Å²) in [6.45, 7) is 0.853. The molecule has 0 radical (unpaired) electrons. The van der Waals surface area contributed by atoms with Crippen molar-refractivity contribution in [3.05, 3.63) is 60.9 Å². The van der Waals surface area contributed by atoms with Crippen LogP contribution in [0.1, 0.15) is 18.9 Å². The molecule has 11 heteroatoms. The summed E-state index contributed by atoms with van der Waals surface area (Å²) in [5.41, 5.74) is 8.33. The molecule has 4 aromatic rings. The minimum absolute atomic E-state index is 0.161. The molecule has 1 aliphatic rings. The Morgan fingerprint density at radius 1 is 1.03 bits per heavy atom. The van der Waals surface area contributed by atoms with Gasteiger partial charge in [0.1, 0.15) is 29.3 Å². The van der Waals surface area contributed by atoms with Gasteiger partial charge in [0.15, 0.2) is 5.65 Å². The maximum Gasteiger partial charge on any atom is 0.274 e. The van der Waals surface area contributed by atoms with E-state index in [1.165, 1.54) is 6.33 Å². The third-order valence-electron chi connectivity index (χ3n) is 5.90. The zero-order valence-electron chi connectivity index (χ0n) is 18.4. The van der Waals surface area contributed by atoms with E-state index in [-0.39, 0.29) is 6.04 Å². The van der Waals surface area contributed by atoms with Crippen LogP contribution in [0.2, 0.25) is 0 Å². The number of halogens is 3. The summed E-state index contributed by atoms with van der Waals surface area (Å²) in [6.07, 6.45) is 2.93. The topological polar surface area (TPSA) is 99.2 Å². The van der Waals surface area contributed by atoms with Gasteiger partial charge < -0.3 is 15.4 Å². The predicted octanol–water partition coefficient (Wildman–Crippen LogP) is 5.40. The van der Waals surface area contributed by atoms with Crippen LogP contribution in [-0.2, 0) is 4.79 Å². The van der Waals surface area contributed by atoms with E-state index in [2.05, 4.69) is 9.97 Å². The van der Waals surface area contributed by atoms with Gasteiger partial charge in [-0.05, 0) is 49.2 Å². The number of nitrogens with zero attached hydrogens (tertiary/aromatic N) is 5. The number of para-hydroxylation sites is 1. The Morgan fingerprint density at radius 2 is 1.74 bits per heavy atom. The van der Waals surface area contributed by atoms with Gasteiger partial charge in [0, 0.05) is 18.7 Å². The van der Waals surface area contributed by atoms with Crippen LogP contribution in [-0.4, -0.2) is 47.4 Å². The maximum absolute atomic E-state index is 12.5. The molecule has 2 aromatic heterocycles. The molecule has 1 fully saturated rings. The number of fused-ring (bicyclic) bond motifs is 1. The summed E-state index contributed by atoms with van der Waals surface area (Å²) in [6, 6.07) is 17.0. The third-order valence-corrected chi connectivity index (χ3v) is 6.38. The second kappa shape index (κ2) is 9.53. The zero-order valence-corrected chi connectivity index (χ0v) is 20.7. The van der Waals surface area contributed by atoms with Gasteiger partial charge in [-0.15, -0.1) is 0 Å². The van der Waals surface area contributed by atoms with Crippen LogP contribution in [0.5, 0.6) is 11.5 Å². The standard InChI is InChI=1S/C24H21Cl3N6O2/c25-24(26,27)23(34)32-12-4-5-16(13-32)33-22-19(21(28)29-14-30-22)20(31-33)15-8-10-18(11-9-15)35-17-6-2-1-3-7-17/h1-3,6-11,14,16H,4-5,12-13H2,(H2,28,29,30)/t16-/m1/s1. The monoisotopic (exact) mass is 530 g/mol. The van der Waals surface area contributed by atoms with Crippen LogP contribution in [0.3, 0.4) is 0 Å². The van der Waals surface area contributed by atoms with Crippen molar-refractivity contribution in [3.8, 4) is 22.8 Å². The number of benzene rings is 2. The summed E-state index contributed by atoms with van der Waals surface area (Å²) in [5.74, 6) is 1.22. The molecule has 2 N–H and O–H groups in total. The number of aromatic nitrogens is 4. The van der Waals surface area contributed by atoms with Crippen molar-refractivity contribution in [2.24, 2.45) is 0 Å². The van der Waals surface area contributed by atoms with E-state index in [1.54, 1.807) is 9.58 Å². The van der Waals surface area contributed by atoms with Crippen molar-refractivity contribution in [2.75, 3.05) is 18.8 Å². The number of carbonyl (C=O) groups excluding carboxylic acids is 1. The lowest BCUT2D eigenvalue weighted by Crippen LogP contribution is -2.45. The largest absolute Gasteiger partial charge is 0.457 e. The molecule has 1 saturated heterocycles. The molecule has 5 rings (SSSR count). The second-order valence-electron chi connectivity index (χ2n) is 8.24. The number of rotatable bonds is 4. The van der Waals surface area contributed by atoms with Gasteiger partial charge in [0.25, 0.3) is 9.70 Å². The van der Waals surface area contributed by atoms with E-state index in [9.17, 15) is 4.79 Å². The first-order valence-electron chi connectivity index (χ1n) is 11.0. The highest BCUT2D eigenvalue weighted by Gasteiger charge is 2.38. The van der Waals surface area contributed by atoms with Gasteiger partial charge in [-0.2, -0.15) is 5.10 Å². The molecule has 8 nitrogen and oxygen atoms in total. The quantitative estimate of drug-likeness (QED) is 0.354. The van der Waals surface area contributed by atoms with Gasteiger partial charge in [-0.1, -0.05) is 53.0 Å².